The van der Waals surface area contributed by atoms with E-state index in [1.165, 1.54) is 24.8 Å². The van der Waals surface area contributed by atoms with E-state index in [0.717, 1.165) is 17.8 Å². The molecule has 2 radical (unpaired) electrons. The molecule has 0 N–H and O–H groups in total. The van der Waals surface area contributed by atoms with Gasteiger partial charge in [0.15, 0.2) is 0 Å². The fourth-order valence-electron chi connectivity index (χ4n) is 1.52. The first-order chi connectivity index (χ1) is 4.74. The molecule has 0 aliphatic heterocycles. The fourth-order valence-corrected chi connectivity index (χ4v) is 1.52. The van der Waals surface area contributed by atoms with Gasteiger partial charge >= 0.3 is 0 Å². The second-order valence-electron chi connectivity index (χ2n) is 3.32. The predicted octanol–water partition coefficient (Wildman–Crippen LogP) is 2.64. The average Bonchev–Trinajstić information content (AvgIpc) is 1.95. The van der Waals surface area contributed by atoms with E-state index in [-0.39, 0.29) is 0 Å². The van der Waals surface area contributed by atoms with Gasteiger partial charge in [0.1, 0.15) is 7.85 Å². The minimum atomic E-state index is 0.865. The highest BCUT2D eigenvalue weighted by atomic mass is 14.2. The maximum Gasteiger partial charge on any atom is 0.107 e. The second kappa shape index (κ2) is 3.27. The molecule has 1 unspecified atom stereocenters. The molecular weight excluding hydrogens is 119 g/mol. The van der Waals surface area contributed by atoms with Crippen molar-refractivity contribution in [2.24, 2.45) is 5.92 Å². The highest BCUT2D eigenvalue weighted by Crippen LogP contribution is 2.28. The van der Waals surface area contributed by atoms with Crippen molar-refractivity contribution in [2.45, 2.75) is 39.5 Å². The van der Waals surface area contributed by atoms with Crippen LogP contribution >= 0.6 is 0 Å². The summed E-state index contributed by atoms with van der Waals surface area (Å²) in [6.07, 6.45) is 5.00. The van der Waals surface area contributed by atoms with Crippen LogP contribution in [-0.2, 0) is 0 Å². The van der Waals surface area contributed by atoms with Gasteiger partial charge in [0.05, 0.1) is 0 Å². The summed E-state index contributed by atoms with van der Waals surface area (Å²) in [6, 6.07) is 0. The monoisotopic (exact) mass is 134 g/mol. The van der Waals surface area contributed by atoms with Crippen LogP contribution in [0.3, 0.4) is 0 Å². The lowest BCUT2D eigenvalue weighted by Crippen LogP contribution is -2.08. The Hall–Kier alpha value is -0.195. The summed E-state index contributed by atoms with van der Waals surface area (Å²) in [6.45, 7) is 4.40. The molecule has 0 heterocycles. The molecule has 0 aromatic rings. The number of hydrogen-bond acceptors (Lipinski definition) is 0. The van der Waals surface area contributed by atoms with Crippen molar-refractivity contribution in [3.05, 3.63) is 11.0 Å². The zero-order valence-corrected chi connectivity index (χ0v) is 6.98. The SMILES string of the molecule is [B]C1=C(C)CCC(CC)C1. The number of hydrogen-bond donors (Lipinski definition) is 0. The van der Waals surface area contributed by atoms with Crippen LogP contribution in [0.25, 0.3) is 0 Å². The summed E-state index contributed by atoms with van der Waals surface area (Å²) in [5, 5.41) is 0. The highest BCUT2D eigenvalue weighted by Gasteiger charge is 2.13. The van der Waals surface area contributed by atoms with Gasteiger partial charge in [0.25, 0.3) is 0 Å². The molecule has 10 heavy (non-hydrogen) atoms. The first kappa shape index (κ1) is 7.91. The lowest BCUT2D eigenvalue weighted by molar-refractivity contribution is 0.451. The molecule has 0 aromatic heterocycles. The number of allylic oxidation sites excluding steroid dienone is 2. The van der Waals surface area contributed by atoms with E-state index in [0.29, 0.717) is 0 Å². The summed E-state index contributed by atoms with van der Waals surface area (Å²) in [5.74, 6) is 0.865. The summed E-state index contributed by atoms with van der Waals surface area (Å²) >= 11 is 0. The summed E-state index contributed by atoms with van der Waals surface area (Å²) in [4.78, 5) is 0. The third-order valence-corrected chi connectivity index (χ3v) is 2.56. The Balaban J connectivity index is 2.54. The van der Waals surface area contributed by atoms with Gasteiger partial charge in [-0.3, -0.25) is 0 Å². The Morgan fingerprint density at radius 3 is 2.80 bits per heavy atom. The standard InChI is InChI=1S/C9H15B/c1-3-8-5-4-7(2)9(10)6-8/h8H,3-6H2,1-2H3. The Morgan fingerprint density at radius 1 is 1.60 bits per heavy atom. The lowest BCUT2D eigenvalue weighted by Gasteiger charge is -2.23. The van der Waals surface area contributed by atoms with E-state index in [1.54, 1.807) is 0 Å². The second-order valence-corrected chi connectivity index (χ2v) is 3.32. The molecule has 0 aromatic carbocycles. The molecule has 0 bridgehead atoms. The van der Waals surface area contributed by atoms with E-state index >= 15 is 0 Å². The zero-order chi connectivity index (χ0) is 7.56. The van der Waals surface area contributed by atoms with Crippen molar-refractivity contribution in [3.63, 3.8) is 0 Å². The zero-order valence-electron chi connectivity index (χ0n) is 6.98. The molecule has 0 nitrogen and oxygen atoms in total. The average molecular weight is 134 g/mol. The van der Waals surface area contributed by atoms with Gasteiger partial charge in [-0.2, -0.15) is 0 Å². The number of rotatable bonds is 1. The van der Waals surface area contributed by atoms with Crippen LogP contribution in [0.5, 0.6) is 0 Å². The van der Waals surface area contributed by atoms with Crippen molar-refractivity contribution >= 4 is 7.85 Å². The molecule has 1 atom stereocenters. The quantitative estimate of drug-likeness (QED) is 0.483. The summed E-state index contributed by atoms with van der Waals surface area (Å²) in [5.41, 5.74) is 2.57. The van der Waals surface area contributed by atoms with Gasteiger partial charge in [-0.15, -0.1) is 5.47 Å². The van der Waals surface area contributed by atoms with Crippen molar-refractivity contribution in [1.82, 2.24) is 0 Å². The summed E-state index contributed by atoms with van der Waals surface area (Å²) < 4.78 is 0. The molecule has 0 amide bonds. The van der Waals surface area contributed by atoms with E-state index < -0.39 is 0 Å². The predicted molar refractivity (Wildman–Crippen MR) is 46.1 cm³/mol. The third kappa shape index (κ3) is 1.65. The lowest BCUT2D eigenvalue weighted by atomic mass is 9.75. The van der Waals surface area contributed by atoms with Crippen molar-refractivity contribution in [3.8, 4) is 0 Å². The fraction of sp³-hybridized carbons (Fsp3) is 0.778. The molecule has 54 valence electrons. The van der Waals surface area contributed by atoms with Gasteiger partial charge in [0, 0.05) is 0 Å². The Kier molecular flexibility index (Phi) is 2.59. The van der Waals surface area contributed by atoms with Gasteiger partial charge in [-0.1, -0.05) is 18.9 Å². The van der Waals surface area contributed by atoms with E-state index in [1.807, 2.05) is 0 Å². The van der Waals surface area contributed by atoms with E-state index in [2.05, 4.69) is 13.8 Å². The Labute approximate surface area is 65.1 Å². The van der Waals surface area contributed by atoms with Crippen LogP contribution in [0.4, 0.5) is 0 Å². The minimum Gasteiger partial charge on any atom is -0.118 e. The van der Waals surface area contributed by atoms with Crippen LogP contribution < -0.4 is 0 Å². The Morgan fingerprint density at radius 2 is 2.30 bits per heavy atom. The van der Waals surface area contributed by atoms with Gasteiger partial charge < -0.3 is 0 Å². The molecule has 0 saturated carbocycles. The van der Waals surface area contributed by atoms with Crippen LogP contribution in [0.2, 0.25) is 0 Å². The van der Waals surface area contributed by atoms with Gasteiger partial charge in [-0.05, 0) is 32.1 Å². The van der Waals surface area contributed by atoms with Crippen LogP contribution in [0.15, 0.2) is 11.0 Å². The molecule has 1 rings (SSSR count). The maximum absolute atomic E-state index is 5.82. The highest BCUT2D eigenvalue weighted by molar-refractivity contribution is 6.22. The molecular formula is C9H15B. The van der Waals surface area contributed by atoms with E-state index in [9.17, 15) is 0 Å². The first-order valence-corrected chi connectivity index (χ1v) is 4.18. The van der Waals surface area contributed by atoms with Crippen molar-refractivity contribution < 1.29 is 0 Å². The van der Waals surface area contributed by atoms with Gasteiger partial charge in [-0.25, -0.2) is 0 Å². The molecule has 0 spiro atoms. The topological polar surface area (TPSA) is 0 Å². The smallest absolute Gasteiger partial charge is 0.107 e. The van der Waals surface area contributed by atoms with Crippen LogP contribution in [0.1, 0.15) is 39.5 Å². The first-order valence-electron chi connectivity index (χ1n) is 4.18. The molecule has 1 aliphatic rings. The molecule has 0 fully saturated rings. The van der Waals surface area contributed by atoms with Crippen LogP contribution in [-0.4, -0.2) is 7.85 Å². The van der Waals surface area contributed by atoms with E-state index in [4.69, 9.17) is 7.85 Å². The van der Waals surface area contributed by atoms with Crippen molar-refractivity contribution in [1.29, 1.82) is 0 Å². The largest absolute Gasteiger partial charge is 0.118 e. The summed E-state index contributed by atoms with van der Waals surface area (Å²) in [7, 11) is 5.82. The molecule has 1 aliphatic carbocycles. The van der Waals surface area contributed by atoms with Crippen LogP contribution in [0, 0.1) is 5.92 Å². The van der Waals surface area contributed by atoms with Gasteiger partial charge in [0.2, 0.25) is 0 Å². The maximum atomic E-state index is 5.82. The third-order valence-electron chi connectivity index (χ3n) is 2.56. The van der Waals surface area contributed by atoms with Crippen molar-refractivity contribution in [2.75, 3.05) is 0 Å². The molecule has 1 heteroatoms. The minimum absolute atomic E-state index is 0.865. The normalized spacial score (nSPS) is 27.2. The Bertz CT molecular complexity index is 147. The molecule has 0 saturated heterocycles.